The number of carbonyl (C=O) groups excluding carboxylic acids is 4. The number of rotatable bonds is 6. The van der Waals surface area contributed by atoms with E-state index in [0.717, 1.165) is 4.90 Å². The molecule has 1 heterocycles. The number of imide groups is 1. The van der Waals surface area contributed by atoms with Gasteiger partial charge in [-0.25, -0.2) is 9.18 Å². The third kappa shape index (κ3) is 4.01. The van der Waals surface area contributed by atoms with Crippen LogP contribution >= 0.6 is 0 Å². The second-order valence-electron chi connectivity index (χ2n) is 6.33. The van der Waals surface area contributed by atoms with Crippen molar-refractivity contribution < 1.29 is 23.6 Å². The summed E-state index contributed by atoms with van der Waals surface area (Å²) in [5.41, 5.74) is -0.948. The third-order valence-electron chi connectivity index (χ3n) is 4.00. The molecule has 0 aromatic heterocycles. The lowest BCUT2D eigenvalue weighted by molar-refractivity contribution is -0.135. The van der Waals surface area contributed by atoms with Gasteiger partial charge in [0.2, 0.25) is 5.91 Å². The number of hydrogen-bond donors (Lipinski definition) is 2. The number of amides is 4. The van der Waals surface area contributed by atoms with Gasteiger partial charge in [0.25, 0.3) is 5.91 Å². The fourth-order valence-electron chi connectivity index (χ4n) is 2.77. The Labute approximate surface area is 144 Å². The summed E-state index contributed by atoms with van der Waals surface area (Å²) in [4.78, 5) is 48.6. The summed E-state index contributed by atoms with van der Waals surface area (Å²) in [6.07, 6.45) is 0.166. The Hall–Kier alpha value is -2.77. The van der Waals surface area contributed by atoms with Crippen LogP contribution in [-0.2, 0) is 19.9 Å². The molecule has 8 heteroatoms. The average Bonchev–Trinajstić information content (AvgIpc) is 2.71. The van der Waals surface area contributed by atoms with Crippen molar-refractivity contribution in [3.05, 3.63) is 35.6 Å². The van der Waals surface area contributed by atoms with Crippen LogP contribution in [0.4, 0.5) is 9.18 Å². The highest BCUT2D eigenvalue weighted by molar-refractivity contribution is 6.09. The van der Waals surface area contributed by atoms with Crippen molar-refractivity contribution in [2.24, 2.45) is 0 Å². The normalized spacial score (nSPS) is 21.0. The molecule has 2 atom stereocenters. The Morgan fingerprint density at radius 3 is 2.44 bits per heavy atom. The van der Waals surface area contributed by atoms with E-state index in [-0.39, 0.29) is 12.2 Å². The first-order chi connectivity index (χ1) is 11.6. The van der Waals surface area contributed by atoms with Crippen molar-refractivity contribution in [3.8, 4) is 0 Å². The van der Waals surface area contributed by atoms with Crippen molar-refractivity contribution >= 4 is 23.6 Å². The zero-order valence-corrected chi connectivity index (χ0v) is 14.3. The summed E-state index contributed by atoms with van der Waals surface area (Å²) in [6.45, 7) is 4.11. The van der Waals surface area contributed by atoms with E-state index in [9.17, 15) is 23.6 Å². The smallest absolute Gasteiger partial charge is 0.325 e. The second kappa shape index (κ2) is 7.00. The van der Waals surface area contributed by atoms with Crippen molar-refractivity contribution in [1.82, 2.24) is 15.5 Å². The van der Waals surface area contributed by atoms with Crippen molar-refractivity contribution in [2.45, 2.75) is 38.8 Å². The van der Waals surface area contributed by atoms with Crippen LogP contribution in [0.2, 0.25) is 0 Å². The van der Waals surface area contributed by atoms with E-state index >= 15 is 0 Å². The maximum Gasteiger partial charge on any atom is 0.325 e. The second-order valence-corrected chi connectivity index (χ2v) is 6.33. The van der Waals surface area contributed by atoms with Crippen LogP contribution in [0.3, 0.4) is 0 Å². The van der Waals surface area contributed by atoms with Crippen LogP contribution in [0.5, 0.6) is 0 Å². The topological polar surface area (TPSA) is 95.6 Å². The van der Waals surface area contributed by atoms with Crippen molar-refractivity contribution in [1.29, 1.82) is 0 Å². The Morgan fingerprint density at radius 2 is 1.88 bits per heavy atom. The number of Topliss-reactive ketones (excluding diaryl/α,β-unsaturated/α-hetero) is 1. The fourth-order valence-corrected chi connectivity index (χ4v) is 2.77. The van der Waals surface area contributed by atoms with Crippen LogP contribution < -0.4 is 10.6 Å². The maximum absolute atomic E-state index is 13.1. The van der Waals surface area contributed by atoms with Gasteiger partial charge in [-0.2, -0.15) is 0 Å². The predicted octanol–water partition coefficient (Wildman–Crippen LogP) is 1.08. The van der Waals surface area contributed by atoms with Gasteiger partial charge in [-0.05, 0) is 38.5 Å². The van der Waals surface area contributed by atoms with E-state index < -0.39 is 41.8 Å². The molecule has 1 aliphatic heterocycles. The minimum atomic E-state index is -1.37. The number of nitrogens with zero attached hydrogens (tertiary/aromatic N) is 1. The van der Waals surface area contributed by atoms with Crippen LogP contribution in [0.1, 0.15) is 32.8 Å². The molecule has 2 rings (SSSR count). The average molecular weight is 349 g/mol. The first-order valence-corrected chi connectivity index (χ1v) is 7.82. The number of nitrogens with one attached hydrogen (secondary N) is 2. The molecule has 134 valence electrons. The van der Waals surface area contributed by atoms with Gasteiger partial charge in [-0.3, -0.25) is 19.3 Å². The van der Waals surface area contributed by atoms with Gasteiger partial charge in [-0.1, -0.05) is 12.1 Å². The van der Waals surface area contributed by atoms with Gasteiger partial charge in [0.05, 0.1) is 0 Å². The molecule has 0 radical (unpaired) electrons. The van der Waals surface area contributed by atoms with Gasteiger partial charge in [0.15, 0.2) is 0 Å². The first kappa shape index (κ1) is 18.6. The number of benzene rings is 1. The molecular formula is C17H20FN3O4. The largest absolute Gasteiger partial charge is 0.352 e. The van der Waals surface area contributed by atoms with Gasteiger partial charge in [-0.15, -0.1) is 0 Å². The molecule has 2 N–H and O–H groups in total. The monoisotopic (exact) mass is 349 g/mol. The Morgan fingerprint density at radius 1 is 1.28 bits per heavy atom. The number of urea groups is 1. The molecule has 1 saturated heterocycles. The molecule has 0 bridgehead atoms. The van der Waals surface area contributed by atoms with E-state index in [0.29, 0.717) is 5.56 Å². The van der Waals surface area contributed by atoms with Crippen LogP contribution in [0.15, 0.2) is 24.3 Å². The summed E-state index contributed by atoms with van der Waals surface area (Å²) >= 11 is 0. The van der Waals surface area contributed by atoms with E-state index in [1.807, 2.05) is 0 Å². The summed E-state index contributed by atoms with van der Waals surface area (Å²) in [5, 5.41) is 5.11. The molecule has 7 nitrogen and oxygen atoms in total. The predicted molar refractivity (Wildman–Crippen MR) is 86.9 cm³/mol. The first-order valence-electron chi connectivity index (χ1n) is 7.82. The van der Waals surface area contributed by atoms with Crippen LogP contribution in [0.25, 0.3) is 0 Å². The van der Waals surface area contributed by atoms with Gasteiger partial charge < -0.3 is 10.6 Å². The Bertz CT molecular complexity index is 719. The fraction of sp³-hybridized carbons (Fsp3) is 0.412. The van der Waals surface area contributed by atoms with Crippen LogP contribution in [0, 0.1) is 5.82 Å². The van der Waals surface area contributed by atoms with E-state index in [4.69, 9.17) is 0 Å². The van der Waals surface area contributed by atoms with Gasteiger partial charge >= 0.3 is 6.03 Å². The molecule has 1 aromatic rings. The van der Waals surface area contributed by atoms with Crippen molar-refractivity contribution in [2.75, 3.05) is 6.54 Å². The van der Waals surface area contributed by atoms with Crippen LogP contribution in [-0.4, -0.2) is 41.1 Å². The Balaban J connectivity index is 2.09. The molecule has 0 aliphatic carbocycles. The zero-order chi connectivity index (χ0) is 18.8. The molecule has 1 aromatic carbocycles. The number of carbonyl (C=O) groups is 4. The number of halogens is 1. The summed E-state index contributed by atoms with van der Waals surface area (Å²) < 4.78 is 13.1. The molecule has 2 unspecified atom stereocenters. The summed E-state index contributed by atoms with van der Waals surface area (Å²) in [7, 11) is 0. The summed E-state index contributed by atoms with van der Waals surface area (Å²) in [5.74, 6) is -1.68. The standard InChI is InChI=1S/C17H20FN3O4/c1-10(8-11(2)22)19-14(23)9-21-15(24)17(3,20-16(21)25)12-4-6-13(18)7-5-12/h4-7,10H,8-9H2,1-3H3,(H,19,23)(H,20,25). The van der Waals surface area contributed by atoms with E-state index in [1.54, 1.807) is 6.92 Å². The van der Waals surface area contributed by atoms with E-state index in [1.165, 1.54) is 38.1 Å². The van der Waals surface area contributed by atoms with Gasteiger partial charge in [0, 0.05) is 12.5 Å². The lowest BCUT2D eigenvalue weighted by atomic mass is 9.92. The summed E-state index contributed by atoms with van der Waals surface area (Å²) in [6, 6.07) is 4.11. The maximum atomic E-state index is 13.1. The molecular weight excluding hydrogens is 329 g/mol. The molecule has 0 spiro atoms. The molecule has 0 saturated carbocycles. The number of hydrogen-bond acceptors (Lipinski definition) is 4. The molecule has 25 heavy (non-hydrogen) atoms. The van der Waals surface area contributed by atoms with Crippen molar-refractivity contribution in [3.63, 3.8) is 0 Å². The molecule has 1 fully saturated rings. The lowest BCUT2D eigenvalue weighted by Gasteiger charge is -2.22. The highest BCUT2D eigenvalue weighted by Gasteiger charge is 2.49. The van der Waals surface area contributed by atoms with Gasteiger partial charge in [0.1, 0.15) is 23.7 Å². The molecule has 1 aliphatic rings. The Kier molecular flexibility index (Phi) is 5.20. The minimum Gasteiger partial charge on any atom is -0.352 e. The third-order valence-corrected chi connectivity index (χ3v) is 4.00. The highest BCUT2D eigenvalue weighted by Crippen LogP contribution is 2.28. The quantitative estimate of drug-likeness (QED) is 0.751. The SMILES string of the molecule is CC(=O)CC(C)NC(=O)CN1C(=O)NC(C)(c2ccc(F)cc2)C1=O. The lowest BCUT2D eigenvalue weighted by Crippen LogP contribution is -2.45. The minimum absolute atomic E-state index is 0.0772. The number of ketones is 1. The molecule has 4 amide bonds. The van der Waals surface area contributed by atoms with E-state index in [2.05, 4.69) is 10.6 Å². The zero-order valence-electron chi connectivity index (χ0n) is 14.3. The highest BCUT2D eigenvalue weighted by atomic mass is 19.1.